The van der Waals surface area contributed by atoms with Gasteiger partial charge in [-0.3, -0.25) is 4.79 Å². The highest BCUT2D eigenvalue weighted by Crippen LogP contribution is 2.26. The van der Waals surface area contributed by atoms with E-state index >= 15 is 0 Å². The van der Waals surface area contributed by atoms with E-state index in [4.69, 9.17) is 9.47 Å². The number of rotatable bonds is 5. The fourth-order valence-electron chi connectivity index (χ4n) is 2.93. The molecule has 0 aliphatic rings. The highest BCUT2D eigenvalue weighted by atomic mass is 16.5. The van der Waals surface area contributed by atoms with Crippen molar-refractivity contribution >= 4 is 16.7 Å². The Kier molecular flexibility index (Phi) is 4.72. The van der Waals surface area contributed by atoms with Crippen molar-refractivity contribution in [1.29, 1.82) is 0 Å². The molecule has 0 fully saturated rings. The SMILES string of the molecule is COc1ccc2cc(C(C)C(=O)Oc3ccc(-n4cnnn4)cc3)ccc2c1. The molecule has 3 aromatic carbocycles. The lowest BCUT2D eigenvalue weighted by molar-refractivity contribution is -0.135. The summed E-state index contributed by atoms with van der Waals surface area (Å²) in [6.07, 6.45) is 1.50. The van der Waals surface area contributed by atoms with Crippen LogP contribution in [0.3, 0.4) is 0 Å². The Morgan fingerprint density at radius 3 is 2.39 bits per heavy atom. The predicted molar refractivity (Wildman–Crippen MR) is 104 cm³/mol. The van der Waals surface area contributed by atoms with E-state index in [1.807, 2.05) is 43.3 Å². The molecule has 0 aliphatic heterocycles. The third kappa shape index (κ3) is 3.55. The lowest BCUT2D eigenvalue weighted by atomic mass is 9.98. The quantitative estimate of drug-likeness (QED) is 0.393. The summed E-state index contributed by atoms with van der Waals surface area (Å²) in [6, 6.07) is 18.8. The predicted octanol–water partition coefficient (Wildman–Crippen LogP) is 3.53. The Labute approximate surface area is 161 Å². The normalized spacial score (nSPS) is 11.9. The molecule has 1 atom stereocenters. The van der Waals surface area contributed by atoms with Gasteiger partial charge < -0.3 is 9.47 Å². The number of carbonyl (C=O) groups is 1. The third-order valence-electron chi connectivity index (χ3n) is 4.59. The Balaban J connectivity index is 1.49. The zero-order valence-corrected chi connectivity index (χ0v) is 15.4. The minimum absolute atomic E-state index is 0.317. The molecule has 4 aromatic rings. The molecule has 0 radical (unpaired) electrons. The van der Waals surface area contributed by atoms with Gasteiger partial charge in [-0.25, -0.2) is 4.68 Å². The zero-order valence-electron chi connectivity index (χ0n) is 15.4. The van der Waals surface area contributed by atoms with Crippen molar-refractivity contribution in [2.45, 2.75) is 12.8 Å². The average Bonchev–Trinajstić information content (AvgIpc) is 3.28. The number of benzene rings is 3. The fourth-order valence-corrected chi connectivity index (χ4v) is 2.93. The van der Waals surface area contributed by atoms with Gasteiger partial charge in [-0.2, -0.15) is 0 Å². The maximum Gasteiger partial charge on any atom is 0.318 e. The van der Waals surface area contributed by atoms with E-state index in [9.17, 15) is 4.79 Å². The second-order valence-electron chi connectivity index (χ2n) is 6.36. The zero-order chi connectivity index (χ0) is 19.5. The minimum Gasteiger partial charge on any atom is -0.497 e. The number of ether oxygens (including phenoxy) is 2. The van der Waals surface area contributed by atoms with Gasteiger partial charge in [0.15, 0.2) is 0 Å². The van der Waals surface area contributed by atoms with Crippen molar-refractivity contribution < 1.29 is 14.3 Å². The van der Waals surface area contributed by atoms with Crippen molar-refractivity contribution in [3.63, 3.8) is 0 Å². The molecule has 7 nitrogen and oxygen atoms in total. The third-order valence-corrected chi connectivity index (χ3v) is 4.59. The van der Waals surface area contributed by atoms with Gasteiger partial charge in [-0.1, -0.05) is 24.3 Å². The second kappa shape index (κ2) is 7.48. The maximum atomic E-state index is 12.6. The van der Waals surface area contributed by atoms with Crippen LogP contribution in [0.1, 0.15) is 18.4 Å². The van der Waals surface area contributed by atoms with E-state index in [0.717, 1.165) is 27.8 Å². The van der Waals surface area contributed by atoms with Gasteiger partial charge in [0, 0.05) is 0 Å². The number of tetrazole rings is 1. The summed E-state index contributed by atoms with van der Waals surface area (Å²) in [4.78, 5) is 12.6. The summed E-state index contributed by atoms with van der Waals surface area (Å²) in [6.45, 7) is 1.84. The van der Waals surface area contributed by atoms with E-state index in [1.165, 1.54) is 11.0 Å². The Hall–Kier alpha value is -3.74. The van der Waals surface area contributed by atoms with Crippen LogP contribution in [0.4, 0.5) is 0 Å². The van der Waals surface area contributed by atoms with E-state index in [0.29, 0.717) is 5.75 Å². The van der Waals surface area contributed by atoms with Crippen LogP contribution < -0.4 is 9.47 Å². The lowest BCUT2D eigenvalue weighted by Gasteiger charge is -2.13. The molecule has 1 aromatic heterocycles. The smallest absolute Gasteiger partial charge is 0.318 e. The van der Waals surface area contributed by atoms with Gasteiger partial charge in [0.2, 0.25) is 0 Å². The Morgan fingerprint density at radius 2 is 1.68 bits per heavy atom. The van der Waals surface area contributed by atoms with E-state index in [1.54, 1.807) is 31.4 Å². The van der Waals surface area contributed by atoms with E-state index in [-0.39, 0.29) is 5.97 Å². The van der Waals surface area contributed by atoms with E-state index in [2.05, 4.69) is 15.5 Å². The average molecular weight is 374 g/mol. The van der Waals surface area contributed by atoms with Crippen molar-refractivity contribution in [3.05, 3.63) is 72.6 Å². The van der Waals surface area contributed by atoms with Gasteiger partial charge in [0.05, 0.1) is 18.7 Å². The summed E-state index contributed by atoms with van der Waals surface area (Å²) >= 11 is 0. The van der Waals surface area contributed by atoms with Crippen molar-refractivity contribution in [1.82, 2.24) is 20.2 Å². The van der Waals surface area contributed by atoms with Crippen molar-refractivity contribution in [2.75, 3.05) is 7.11 Å². The number of fused-ring (bicyclic) bond motifs is 1. The highest BCUT2D eigenvalue weighted by Gasteiger charge is 2.18. The summed E-state index contributed by atoms with van der Waals surface area (Å²) in [5, 5.41) is 13.1. The molecular formula is C21H18N4O3. The van der Waals surface area contributed by atoms with Gasteiger partial charge in [-0.05, 0) is 70.1 Å². The number of hydrogen-bond acceptors (Lipinski definition) is 6. The van der Waals surface area contributed by atoms with Crippen LogP contribution in [0.5, 0.6) is 11.5 Å². The number of aromatic nitrogens is 4. The molecule has 140 valence electrons. The summed E-state index contributed by atoms with van der Waals surface area (Å²) in [5.41, 5.74) is 1.68. The van der Waals surface area contributed by atoms with Gasteiger partial charge >= 0.3 is 5.97 Å². The molecule has 0 N–H and O–H groups in total. The Morgan fingerprint density at radius 1 is 0.964 bits per heavy atom. The minimum atomic E-state index is -0.398. The van der Waals surface area contributed by atoms with Crippen LogP contribution in [0.25, 0.3) is 16.5 Å². The lowest BCUT2D eigenvalue weighted by Crippen LogP contribution is -2.16. The topological polar surface area (TPSA) is 79.1 Å². The number of carbonyl (C=O) groups excluding carboxylic acids is 1. The van der Waals surface area contributed by atoms with Gasteiger partial charge in [-0.15, -0.1) is 5.10 Å². The largest absolute Gasteiger partial charge is 0.497 e. The van der Waals surface area contributed by atoms with E-state index < -0.39 is 5.92 Å². The molecule has 28 heavy (non-hydrogen) atoms. The molecule has 0 saturated heterocycles. The first-order valence-electron chi connectivity index (χ1n) is 8.77. The summed E-state index contributed by atoms with van der Waals surface area (Å²) < 4.78 is 12.3. The summed E-state index contributed by atoms with van der Waals surface area (Å²) in [7, 11) is 1.64. The van der Waals surface area contributed by atoms with Gasteiger partial charge in [0.1, 0.15) is 17.8 Å². The van der Waals surface area contributed by atoms with Crippen LogP contribution in [0.2, 0.25) is 0 Å². The second-order valence-corrected chi connectivity index (χ2v) is 6.36. The standard InChI is InChI=1S/C21H18N4O3/c1-14(15-3-4-17-12-20(27-2)8-5-16(17)11-15)21(26)28-19-9-6-18(7-10-19)25-13-22-23-24-25/h3-14H,1-2H3. The molecule has 7 heteroatoms. The molecular weight excluding hydrogens is 356 g/mol. The first-order chi connectivity index (χ1) is 13.6. The molecule has 0 spiro atoms. The number of hydrogen-bond donors (Lipinski definition) is 0. The number of esters is 1. The van der Waals surface area contributed by atoms with Crippen LogP contribution in [-0.2, 0) is 4.79 Å². The van der Waals surface area contributed by atoms with Gasteiger partial charge in [0.25, 0.3) is 0 Å². The molecule has 1 unspecified atom stereocenters. The summed E-state index contributed by atoms with van der Waals surface area (Å²) in [5.74, 6) is 0.561. The van der Waals surface area contributed by atoms with Crippen molar-refractivity contribution in [2.24, 2.45) is 0 Å². The van der Waals surface area contributed by atoms with Crippen molar-refractivity contribution in [3.8, 4) is 17.2 Å². The van der Waals surface area contributed by atoms with Crippen LogP contribution >= 0.6 is 0 Å². The number of methoxy groups -OCH3 is 1. The molecule has 4 rings (SSSR count). The fraction of sp³-hybridized carbons (Fsp3) is 0.143. The van der Waals surface area contributed by atoms with Crippen LogP contribution in [0.15, 0.2) is 67.0 Å². The highest BCUT2D eigenvalue weighted by molar-refractivity contribution is 5.87. The first kappa shape index (κ1) is 17.7. The maximum absolute atomic E-state index is 12.6. The monoisotopic (exact) mass is 374 g/mol. The molecule has 0 bridgehead atoms. The van der Waals surface area contributed by atoms with Crippen LogP contribution in [-0.4, -0.2) is 33.3 Å². The van der Waals surface area contributed by atoms with Crippen LogP contribution in [0, 0.1) is 0 Å². The molecule has 0 saturated carbocycles. The Bertz CT molecular complexity index is 1110. The first-order valence-corrected chi connectivity index (χ1v) is 8.77. The molecule has 0 aliphatic carbocycles. The molecule has 1 heterocycles. The molecule has 0 amide bonds. The number of nitrogens with zero attached hydrogens (tertiary/aromatic N) is 4.